The van der Waals surface area contributed by atoms with Gasteiger partial charge in [0.15, 0.2) is 11.6 Å². The number of aromatic hydroxyl groups is 1. The highest BCUT2D eigenvalue weighted by molar-refractivity contribution is 9.11. The van der Waals surface area contributed by atoms with Crippen LogP contribution < -0.4 is 10.6 Å². The highest BCUT2D eigenvalue weighted by Gasteiger charge is 2.61. The molecule has 9 atom stereocenters. The van der Waals surface area contributed by atoms with Crippen molar-refractivity contribution in [3.8, 4) is 5.75 Å². The quantitative estimate of drug-likeness (QED) is 0.191. The summed E-state index contributed by atoms with van der Waals surface area (Å²) in [5, 5.41) is 27.2. The van der Waals surface area contributed by atoms with Crippen molar-refractivity contribution in [1.82, 2.24) is 15.5 Å². The second-order valence-electron chi connectivity index (χ2n) is 15.6. The normalized spacial score (nSPS) is 29.2. The van der Waals surface area contributed by atoms with Gasteiger partial charge in [0.25, 0.3) is 5.91 Å². The summed E-state index contributed by atoms with van der Waals surface area (Å²) >= 11 is 6.67. The number of rotatable bonds is 7. The number of hydrogen-bond donors (Lipinski definition) is 4. The van der Waals surface area contributed by atoms with Gasteiger partial charge in [0.1, 0.15) is 23.9 Å². The Bertz CT molecular complexity index is 1790. The molecular weight excluding hydrogens is 850 g/mol. The number of nitrogens with zero attached hydrogens (tertiary/aromatic N) is 1. The van der Waals surface area contributed by atoms with Crippen molar-refractivity contribution in [2.24, 2.45) is 11.8 Å². The number of aliphatic hydroxyl groups is 1. The third-order valence-corrected chi connectivity index (χ3v) is 12.0. The lowest BCUT2D eigenvalue weighted by Gasteiger charge is -2.35. The van der Waals surface area contributed by atoms with Crippen LogP contribution in [0.15, 0.2) is 75.2 Å². The van der Waals surface area contributed by atoms with Crippen LogP contribution in [0.5, 0.6) is 5.75 Å². The van der Waals surface area contributed by atoms with Crippen LogP contribution in [0.25, 0.3) is 0 Å². The first-order chi connectivity index (χ1) is 26.2. The van der Waals surface area contributed by atoms with Crippen molar-refractivity contribution in [1.29, 1.82) is 0 Å². The van der Waals surface area contributed by atoms with E-state index in [0.29, 0.717) is 32.9 Å². The van der Waals surface area contributed by atoms with Gasteiger partial charge in [-0.3, -0.25) is 14.4 Å². The number of epoxide rings is 1. The lowest BCUT2D eigenvalue weighted by Crippen LogP contribution is -2.61. The number of allylic oxidation sites excluding steroid dienone is 2. The zero-order valence-corrected chi connectivity index (χ0v) is 36.6. The van der Waals surface area contributed by atoms with E-state index in [-0.39, 0.29) is 36.0 Å². The number of carbonyl (C=O) groups excluding carboxylic acids is 4. The number of phenolic OH excluding ortho intramolecular Hbond substituents is 1. The maximum absolute atomic E-state index is 14.4. The van der Waals surface area contributed by atoms with Crippen LogP contribution in [0.3, 0.4) is 0 Å². The van der Waals surface area contributed by atoms with Crippen LogP contribution in [0.1, 0.15) is 78.5 Å². The summed E-state index contributed by atoms with van der Waals surface area (Å²) in [7, 11) is 3.15. The van der Waals surface area contributed by atoms with Crippen molar-refractivity contribution >= 4 is 55.6 Å². The lowest BCUT2D eigenvalue weighted by molar-refractivity contribution is -0.162. The molecule has 4 rings (SSSR count). The molecule has 0 aromatic heterocycles. The van der Waals surface area contributed by atoms with Gasteiger partial charge >= 0.3 is 5.97 Å². The summed E-state index contributed by atoms with van der Waals surface area (Å²) in [6.07, 6.45) is 4.83. The van der Waals surface area contributed by atoms with E-state index >= 15 is 0 Å². The van der Waals surface area contributed by atoms with E-state index in [2.05, 4.69) is 42.5 Å². The van der Waals surface area contributed by atoms with E-state index in [4.69, 9.17) is 14.2 Å². The zero-order chi connectivity index (χ0) is 41.7. The molecule has 0 spiro atoms. The number of esters is 1. The third kappa shape index (κ3) is 10.7. The van der Waals surface area contributed by atoms with Gasteiger partial charge in [0.05, 0.1) is 26.8 Å². The van der Waals surface area contributed by atoms with E-state index in [1.807, 2.05) is 76.3 Å². The van der Waals surface area contributed by atoms with E-state index in [9.17, 15) is 29.4 Å². The molecule has 14 heteroatoms. The van der Waals surface area contributed by atoms with Gasteiger partial charge < -0.3 is 40.0 Å². The lowest BCUT2D eigenvalue weighted by atomic mass is 9.93. The van der Waals surface area contributed by atoms with Crippen molar-refractivity contribution in [3.63, 3.8) is 0 Å². The fraction of sp³-hybridized carbons (Fsp3) is 0.524. The van der Waals surface area contributed by atoms with E-state index in [1.165, 1.54) is 18.7 Å². The maximum Gasteiger partial charge on any atom is 0.332 e. The molecule has 2 aliphatic heterocycles. The molecule has 2 aliphatic rings. The van der Waals surface area contributed by atoms with Gasteiger partial charge in [-0.1, -0.05) is 75.8 Å². The second kappa shape index (κ2) is 18.8. The van der Waals surface area contributed by atoms with Crippen molar-refractivity contribution < 1.29 is 43.6 Å². The summed E-state index contributed by atoms with van der Waals surface area (Å²) in [5.41, 5.74) is -0.880. The van der Waals surface area contributed by atoms with Gasteiger partial charge in [-0.25, -0.2) is 4.79 Å². The Hall–Kier alpha value is -3.56. The largest absolute Gasteiger partial charge is 0.506 e. The molecule has 12 nitrogen and oxygen atoms in total. The predicted octanol–water partition coefficient (Wildman–Crippen LogP) is 6.07. The minimum absolute atomic E-state index is 0.0511. The fourth-order valence-corrected chi connectivity index (χ4v) is 8.29. The second-order valence-corrected chi connectivity index (χ2v) is 17.3. The fourth-order valence-electron chi connectivity index (χ4n) is 7.01. The van der Waals surface area contributed by atoms with E-state index in [0.717, 1.165) is 5.57 Å². The highest BCUT2D eigenvalue weighted by Crippen LogP contribution is 2.42. The number of hydrogen-bond acceptors (Lipinski definition) is 9. The van der Waals surface area contributed by atoms with Crippen molar-refractivity contribution in [2.75, 3.05) is 14.2 Å². The topological polar surface area (TPSA) is 167 Å². The number of likely N-dealkylation sites (N-methyl/N-ethyl adjacent to an activating group) is 1. The van der Waals surface area contributed by atoms with Gasteiger partial charge in [-0.05, 0) is 94.3 Å². The van der Waals surface area contributed by atoms with Crippen LogP contribution in [0.2, 0.25) is 0 Å². The number of methoxy groups -OCH3 is 1. The SMILES string of the molecule is CCC(C)C1C(=O)NC(Cc2cc(Br)c(O)c(Br)c2)C(=O)NC(C(C)(C)O)C(=O)OC(c2ccccc2)C(C)C=CC=C(C)C(OC)CC2OC2(C)C(=O)N1C. The Morgan fingerprint density at radius 3 is 2.27 bits per heavy atom. The average molecular weight is 906 g/mol. The molecule has 1 saturated heterocycles. The van der Waals surface area contributed by atoms with Crippen LogP contribution in [-0.4, -0.2) is 94.5 Å². The number of phenols is 1. The number of fused-ring (bicyclic) bond motifs is 1. The Kier molecular flexibility index (Phi) is 15.2. The first kappa shape index (κ1) is 45.1. The smallest absolute Gasteiger partial charge is 0.332 e. The molecule has 1 fully saturated rings. The van der Waals surface area contributed by atoms with Gasteiger partial charge in [0, 0.05) is 32.9 Å². The first-order valence-electron chi connectivity index (χ1n) is 18.8. The Morgan fingerprint density at radius 2 is 1.70 bits per heavy atom. The molecule has 0 bridgehead atoms. The molecule has 2 aromatic rings. The Labute approximate surface area is 346 Å². The van der Waals surface area contributed by atoms with Crippen LogP contribution in [0.4, 0.5) is 0 Å². The van der Waals surface area contributed by atoms with Crippen LogP contribution in [0, 0.1) is 11.8 Å². The highest BCUT2D eigenvalue weighted by atomic mass is 79.9. The van der Waals surface area contributed by atoms with Gasteiger partial charge in [-0.15, -0.1) is 0 Å². The van der Waals surface area contributed by atoms with Crippen LogP contribution >= 0.6 is 31.9 Å². The number of nitrogens with one attached hydrogen (secondary N) is 2. The number of benzene rings is 2. The summed E-state index contributed by atoms with van der Waals surface area (Å²) in [6, 6.07) is 8.52. The number of amides is 3. The average Bonchev–Trinajstić information content (AvgIpc) is 3.81. The molecule has 4 N–H and O–H groups in total. The summed E-state index contributed by atoms with van der Waals surface area (Å²) in [6.45, 7) is 12.0. The Balaban J connectivity index is 1.83. The minimum Gasteiger partial charge on any atom is -0.506 e. The first-order valence-corrected chi connectivity index (χ1v) is 20.4. The molecule has 56 heavy (non-hydrogen) atoms. The van der Waals surface area contributed by atoms with Crippen molar-refractivity contribution in [2.45, 2.75) is 115 Å². The number of halogens is 2. The van der Waals surface area contributed by atoms with Crippen LogP contribution in [-0.2, 0) is 39.8 Å². The number of ether oxygens (including phenoxy) is 3. The third-order valence-electron chi connectivity index (χ3n) is 10.8. The number of cyclic esters (lactones) is 1. The molecular formula is C42H55Br2N3O9. The molecule has 306 valence electrons. The molecule has 0 radical (unpaired) electrons. The van der Waals surface area contributed by atoms with Gasteiger partial charge in [0.2, 0.25) is 11.8 Å². The molecule has 9 unspecified atom stereocenters. The molecule has 2 heterocycles. The summed E-state index contributed by atoms with van der Waals surface area (Å²) in [4.78, 5) is 58.4. The molecule has 0 saturated carbocycles. The van der Waals surface area contributed by atoms with Crippen molar-refractivity contribution in [3.05, 3.63) is 86.3 Å². The summed E-state index contributed by atoms with van der Waals surface area (Å²) < 4.78 is 18.7. The monoisotopic (exact) mass is 903 g/mol. The summed E-state index contributed by atoms with van der Waals surface area (Å²) in [5.74, 6) is -3.40. The molecule has 3 amide bonds. The van der Waals surface area contributed by atoms with E-state index in [1.54, 1.807) is 33.2 Å². The molecule has 0 aliphatic carbocycles. The van der Waals surface area contributed by atoms with E-state index < -0.39 is 59.3 Å². The maximum atomic E-state index is 14.4. The van der Waals surface area contributed by atoms with Gasteiger partial charge in [-0.2, -0.15) is 0 Å². The molecule has 2 aromatic carbocycles. The Morgan fingerprint density at radius 1 is 1.07 bits per heavy atom. The standard InChI is InChI=1S/C42H55Br2N3O9/c1-10-23(2)33-38(50)45-30(21-26-19-28(43)34(48)29(44)20-26)37(49)46-36(41(5,6)53)39(51)55-35(27-17-12-11-13-18-27)25(4)16-14-15-24(3)31(54-9)22-32-42(7,56-32)40(52)47(33)8/h11-20,23,25,30-33,35-36,48,53H,10,21-22H2,1-9H3,(H,45,50)(H,46,49). The zero-order valence-electron chi connectivity index (χ0n) is 33.5. The predicted molar refractivity (Wildman–Crippen MR) is 219 cm³/mol. The minimum atomic E-state index is -1.81. The number of carbonyl (C=O) groups is 4.